The summed E-state index contributed by atoms with van der Waals surface area (Å²) in [5.74, 6) is 0. The molecule has 0 spiro atoms. The first kappa shape index (κ1) is 13.6. The number of nitrogens with one attached hydrogen (secondary N) is 1. The smallest absolute Gasteiger partial charge is 0.0708 e. The predicted octanol–water partition coefficient (Wildman–Crippen LogP) is 3.38. The molecule has 2 aromatic rings. The first-order chi connectivity index (χ1) is 9.65. The highest BCUT2D eigenvalue weighted by molar-refractivity contribution is 5.82. The minimum Gasteiger partial charge on any atom is -0.317 e. The number of hydrogen-bond acceptors (Lipinski definition) is 2. The van der Waals surface area contributed by atoms with Crippen LogP contribution in [0.1, 0.15) is 38.8 Å². The Labute approximate surface area is 121 Å². The van der Waals surface area contributed by atoms with E-state index in [1.54, 1.807) is 0 Å². The summed E-state index contributed by atoms with van der Waals surface area (Å²) in [6, 6.07) is 9.31. The molecule has 20 heavy (non-hydrogen) atoms. The van der Waals surface area contributed by atoms with Gasteiger partial charge in [0.05, 0.1) is 11.2 Å². The van der Waals surface area contributed by atoms with Crippen molar-refractivity contribution in [2.24, 2.45) is 5.41 Å². The minimum absolute atomic E-state index is 0.392. The summed E-state index contributed by atoms with van der Waals surface area (Å²) in [5, 5.41) is 9.63. The standard InChI is InChI=1S/C17H25N3/c1-4-20-16-8-6-5-7-14(16)15(19-20)12-17(2)10-9-13(11-17)18-3/h5-8,13,18H,4,9-12H2,1-3H3. The molecule has 108 valence electrons. The normalized spacial score (nSPS) is 26.4. The van der Waals surface area contributed by atoms with Crippen molar-refractivity contribution < 1.29 is 0 Å². The average molecular weight is 271 g/mol. The van der Waals surface area contributed by atoms with Gasteiger partial charge in [-0.3, -0.25) is 4.68 Å². The summed E-state index contributed by atoms with van der Waals surface area (Å²) in [6.45, 7) is 5.53. The summed E-state index contributed by atoms with van der Waals surface area (Å²) >= 11 is 0. The molecule has 2 atom stereocenters. The number of nitrogens with zero attached hydrogens (tertiary/aromatic N) is 2. The molecule has 0 bridgehead atoms. The maximum Gasteiger partial charge on any atom is 0.0708 e. The van der Waals surface area contributed by atoms with Gasteiger partial charge in [-0.1, -0.05) is 25.1 Å². The monoisotopic (exact) mass is 271 g/mol. The molecule has 1 fully saturated rings. The quantitative estimate of drug-likeness (QED) is 0.924. The van der Waals surface area contributed by atoms with Gasteiger partial charge in [0, 0.05) is 18.0 Å². The second-order valence-electron chi connectivity index (χ2n) is 6.50. The molecule has 0 saturated heterocycles. The van der Waals surface area contributed by atoms with Crippen LogP contribution in [-0.2, 0) is 13.0 Å². The first-order valence-electron chi connectivity index (χ1n) is 7.77. The zero-order valence-electron chi connectivity index (χ0n) is 12.8. The molecule has 1 saturated carbocycles. The van der Waals surface area contributed by atoms with E-state index in [4.69, 9.17) is 5.10 Å². The molecule has 1 aliphatic carbocycles. The molecule has 1 aromatic carbocycles. The van der Waals surface area contributed by atoms with Crippen LogP contribution in [0.2, 0.25) is 0 Å². The highest BCUT2D eigenvalue weighted by Gasteiger charge is 2.35. The Morgan fingerprint density at radius 1 is 1.40 bits per heavy atom. The largest absolute Gasteiger partial charge is 0.317 e. The Morgan fingerprint density at radius 2 is 2.20 bits per heavy atom. The number of fused-ring (bicyclic) bond motifs is 1. The zero-order chi connectivity index (χ0) is 14.2. The first-order valence-corrected chi connectivity index (χ1v) is 7.77. The van der Waals surface area contributed by atoms with Crippen molar-refractivity contribution in [3.8, 4) is 0 Å². The fraction of sp³-hybridized carbons (Fsp3) is 0.588. The van der Waals surface area contributed by atoms with Crippen molar-refractivity contribution in [1.82, 2.24) is 15.1 Å². The highest BCUT2D eigenvalue weighted by atomic mass is 15.3. The molecule has 0 radical (unpaired) electrons. The molecule has 1 heterocycles. The molecule has 1 aliphatic rings. The lowest BCUT2D eigenvalue weighted by molar-refractivity contribution is 0.321. The maximum atomic E-state index is 4.86. The molecular weight excluding hydrogens is 246 g/mol. The van der Waals surface area contributed by atoms with E-state index >= 15 is 0 Å². The van der Waals surface area contributed by atoms with Crippen LogP contribution in [0.4, 0.5) is 0 Å². The van der Waals surface area contributed by atoms with Crippen molar-refractivity contribution >= 4 is 10.9 Å². The van der Waals surface area contributed by atoms with Gasteiger partial charge in [0.15, 0.2) is 0 Å². The third-order valence-corrected chi connectivity index (χ3v) is 4.87. The van der Waals surface area contributed by atoms with Crippen molar-refractivity contribution in [2.45, 2.75) is 52.1 Å². The van der Waals surface area contributed by atoms with Crippen molar-refractivity contribution in [1.29, 1.82) is 0 Å². The Kier molecular flexibility index (Phi) is 3.55. The van der Waals surface area contributed by atoms with E-state index in [-0.39, 0.29) is 0 Å². The number of hydrogen-bond donors (Lipinski definition) is 1. The van der Waals surface area contributed by atoms with E-state index in [1.807, 2.05) is 0 Å². The van der Waals surface area contributed by atoms with E-state index in [2.05, 4.69) is 55.2 Å². The van der Waals surface area contributed by atoms with Crippen molar-refractivity contribution in [3.63, 3.8) is 0 Å². The summed E-state index contributed by atoms with van der Waals surface area (Å²) in [6.07, 6.45) is 4.95. The van der Waals surface area contributed by atoms with E-state index in [9.17, 15) is 0 Å². The fourth-order valence-corrected chi connectivity index (χ4v) is 3.70. The Morgan fingerprint density at radius 3 is 2.90 bits per heavy atom. The van der Waals surface area contributed by atoms with Gasteiger partial charge in [-0.05, 0) is 51.1 Å². The molecule has 3 rings (SSSR count). The fourth-order valence-electron chi connectivity index (χ4n) is 3.70. The van der Waals surface area contributed by atoms with Gasteiger partial charge in [-0.2, -0.15) is 5.10 Å². The van der Waals surface area contributed by atoms with Crippen LogP contribution in [0.5, 0.6) is 0 Å². The molecular formula is C17H25N3. The lowest BCUT2D eigenvalue weighted by Gasteiger charge is -2.23. The molecule has 2 unspecified atom stereocenters. The van der Waals surface area contributed by atoms with Crippen LogP contribution in [0, 0.1) is 5.41 Å². The molecule has 3 heteroatoms. The molecule has 1 N–H and O–H groups in total. The van der Waals surface area contributed by atoms with Gasteiger partial charge in [-0.25, -0.2) is 0 Å². The molecule has 0 amide bonds. The van der Waals surface area contributed by atoms with Crippen LogP contribution >= 0.6 is 0 Å². The summed E-state index contributed by atoms with van der Waals surface area (Å²) in [5.41, 5.74) is 2.95. The molecule has 0 aliphatic heterocycles. The average Bonchev–Trinajstić information content (AvgIpc) is 3.01. The third-order valence-electron chi connectivity index (χ3n) is 4.87. The van der Waals surface area contributed by atoms with E-state index in [1.165, 1.54) is 35.9 Å². The molecule has 1 aromatic heterocycles. The lowest BCUT2D eigenvalue weighted by atomic mass is 9.83. The Bertz CT molecular complexity index is 601. The van der Waals surface area contributed by atoms with Crippen molar-refractivity contribution in [3.05, 3.63) is 30.0 Å². The number of para-hydroxylation sites is 1. The van der Waals surface area contributed by atoms with Gasteiger partial charge in [0.1, 0.15) is 0 Å². The lowest BCUT2D eigenvalue weighted by Crippen LogP contribution is -2.24. The zero-order valence-corrected chi connectivity index (χ0v) is 12.8. The topological polar surface area (TPSA) is 29.9 Å². The van der Waals surface area contributed by atoms with E-state index in [0.717, 1.165) is 13.0 Å². The number of benzene rings is 1. The Hall–Kier alpha value is -1.35. The van der Waals surface area contributed by atoms with Gasteiger partial charge >= 0.3 is 0 Å². The van der Waals surface area contributed by atoms with Gasteiger partial charge < -0.3 is 5.32 Å². The van der Waals surface area contributed by atoms with E-state index in [0.29, 0.717) is 11.5 Å². The van der Waals surface area contributed by atoms with Gasteiger partial charge in [0.25, 0.3) is 0 Å². The number of aromatic nitrogens is 2. The van der Waals surface area contributed by atoms with Crippen LogP contribution < -0.4 is 5.32 Å². The van der Waals surface area contributed by atoms with Gasteiger partial charge in [0.2, 0.25) is 0 Å². The molecule has 3 nitrogen and oxygen atoms in total. The maximum absolute atomic E-state index is 4.86. The number of aryl methyl sites for hydroxylation is 1. The SMILES string of the molecule is CCn1nc(CC2(C)CCC(NC)C2)c2ccccc21. The number of rotatable bonds is 4. The highest BCUT2D eigenvalue weighted by Crippen LogP contribution is 2.41. The van der Waals surface area contributed by atoms with Gasteiger partial charge in [-0.15, -0.1) is 0 Å². The predicted molar refractivity (Wildman–Crippen MR) is 83.9 cm³/mol. The second kappa shape index (κ2) is 5.21. The summed E-state index contributed by atoms with van der Waals surface area (Å²) in [4.78, 5) is 0. The van der Waals surface area contributed by atoms with Crippen LogP contribution in [0.3, 0.4) is 0 Å². The summed E-state index contributed by atoms with van der Waals surface area (Å²) in [7, 11) is 2.08. The Balaban J connectivity index is 1.91. The minimum atomic E-state index is 0.392. The van der Waals surface area contributed by atoms with Crippen molar-refractivity contribution in [2.75, 3.05) is 7.05 Å². The van der Waals surface area contributed by atoms with Crippen LogP contribution in [0.25, 0.3) is 10.9 Å². The van der Waals surface area contributed by atoms with Crippen LogP contribution in [-0.4, -0.2) is 22.9 Å². The van der Waals surface area contributed by atoms with Crippen LogP contribution in [0.15, 0.2) is 24.3 Å². The third kappa shape index (κ3) is 2.35. The van der Waals surface area contributed by atoms with E-state index < -0.39 is 0 Å². The second-order valence-corrected chi connectivity index (χ2v) is 6.50. The summed E-state index contributed by atoms with van der Waals surface area (Å²) < 4.78 is 2.14.